The first-order valence-electron chi connectivity index (χ1n) is 8.22. The maximum atomic E-state index is 12.7. The fraction of sp³-hybridized carbons (Fsp3) is 0.368. The molecule has 1 aliphatic heterocycles. The molecule has 0 aromatic heterocycles. The maximum absolute atomic E-state index is 12.7. The van der Waals surface area contributed by atoms with Gasteiger partial charge in [-0.1, -0.05) is 56.3 Å². The fourth-order valence-electron chi connectivity index (χ4n) is 3.19. The molecule has 0 atom stereocenters. The minimum absolute atomic E-state index is 0.203. The van der Waals surface area contributed by atoms with E-state index in [1.807, 2.05) is 12.1 Å². The topological polar surface area (TPSA) is 37.4 Å². The largest absolute Gasteiger partial charge is 0.274 e. The first-order chi connectivity index (χ1) is 11.1. The zero-order chi connectivity index (χ0) is 16.4. The Morgan fingerprint density at radius 1 is 0.913 bits per heavy atom. The number of unbranched alkanes of at least 4 members (excludes halogenated alkanes) is 4. The van der Waals surface area contributed by atoms with Crippen LogP contribution < -0.4 is 0 Å². The second-order valence-electron chi connectivity index (χ2n) is 6.00. The Bertz CT molecular complexity index is 747. The molecule has 1 heterocycles. The van der Waals surface area contributed by atoms with E-state index < -0.39 is 0 Å². The van der Waals surface area contributed by atoms with Crippen LogP contribution in [0.4, 0.5) is 0 Å². The lowest BCUT2D eigenvalue weighted by Gasteiger charge is -2.27. The summed E-state index contributed by atoms with van der Waals surface area (Å²) in [6.45, 7) is 2.65. The van der Waals surface area contributed by atoms with Gasteiger partial charge >= 0.3 is 0 Å². The Balaban J connectivity index is 1.89. The minimum atomic E-state index is -0.203. The molecule has 0 radical (unpaired) electrons. The van der Waals surface area contributed by atoms with E-state index in [2.05, 4.69) is 6.92 Å². The zero-order valence-corrected chi connectivity index (χ0v) is 14.0. The molecule has 0 N–H and O–H groups in total. The van der Waals surface area contributed by atoms with Crippen LogP contribution in [0.25, 0.3) is 10.8 Å². The third-order valence-corrected chi connectivity index (χ3v) is 4.75. The van der Waals surface area contributed by atoms with Crippen LogP contribution in [-0.2, 0) is 0 Å². The van der Waals surface area contributed by atoms with Gasteiger partial charge in [0.25, 0.3) is 11.8 Å². The summed E-state index contributed by atoms with van der Waals surface area (Å²) in [6, 6.07) is 8.91. The van der Waals surface area contributed by atoms with Gasteiger partial charge < -0.3 is 0 Å². The number of carbonyl (C=O) groups is 2. The van der Waals surface area contributed by atoms with E-state index >= 15 is 0 Å². The smallest absolute Gasteiger partial charge is 0.261 e. The fourth-order valence-corrected chi connectivity index (χ4v) is 3.41. The van der Waals surface area contributed by atoms with Crippen molar-refractivity contribution in [3.8, 4) is 0 Å². The SMILES string of the molecule is CCCCCCCN1C(=O)c2cccc3c(Cl)ccc(c23)C1=O. The van der Waals surface area contributed by atoms with Crippen molar-refractivity contribution in [3.05, 3.63) is 46.5 Å². The van der Waals surface area contributed by atoms with Crippen molar-refractivity contribution in [1.82, 2.24) is 4.90 Å². The molecule has 0 saturated carbocycles. The number of imide groups is 1. The summed E-state index contributed by atoms with van der Waals surface area (Å²) in [7, 11) is 0. The Kier molecular flexibility index (Phi) is 4.67. The number of benzene rings is 2. The number of rotatable bonds is 6. The lowest BCUT2D eigenvalue weighted by atomic mass is 9.94. The predicted octanol–water partition coefficient (Wildman–Crippen LogP) is 5.06. The molecule has 0 bridgehead atoms. The van der Waals surface area contributed by atoms with E-state index in [4.69, 9.17) is 11.6 Å². The molecule has 4 heteroatoms. The molecule has 0 aliphatic carbocycles. The monoisotopic (exact) mass is 329 g/mol. The Morgan fingerprint density at radius 3 is 2.35 bits per heavy atom. The summed E-state index contributed by atoms with van der Waals surface area (Å²) < 4.78 is 0. The molecular weight excluding hydrogens is 310 g/mol. The quantitative estimate of drug-likeness (QED) is 0.548. The standard InChI is InChI=1S/C19H20ClNO2/c1-2-3-4-5-6-12-21-18(22)14-9-7-8-13-16(20)11-10-15(17(13)14)19(21)23/h7-11H,2-6,12H2,1H3. The van der Waals surface area contributed by atoms with E-state index in [0.717, 1.165) is 24.6 Å². The summed E-state index contributed by atoms with van der Waals surface area (Å²) >= 11 is 6.21. The van der Waals surface area contributed by atoms with Crippen molar-refractivity contribution in [1.29, 1.82) is 0 Å². The summed E-state index contributed by atoms with van der Waals surface area (Å²) in [4.78, 5) is 26.8. The van der Waals surface area contributed by atoms with E-state index in [-0.39, 0.29) is 11.8 Å². The lowest BCUT2D eigenvalue weighted by Crippen LogP contribution is -2.40. The van der Waals surface area contributed by atoms with Gasteiger partial charge in [-0.25, -0.2) is 0 Å². The first kappa shape index (κ1) is 16.0. The van der Waals surface area contributed by atoms with Crippen molar-refractivity contribution < 1.29 is 9.59 Å². The number of hydrogen-bond donors (Lipinski definition) is 0. The van der Waals surface area contributed by atoms with Crippen LogP contribution in [0.3, 0.4) is 0 Å². The molecule has 1 aliphatic rings. The zero-order valence-electron chi connectivity index (χ0n) is 13.3. The molecule has 3 nitrogen and oxygen atoms in total. The number of amides is 2. The van der Waals surface area contributed by atoms with Gasteiger partial charge in [0.1, 0.15) is 0 Å². The van der Waals surface area contributed by atoms with Crippen molar-refractivity contribution >= 4 is 34.2 Å². The summed E-state index contributed by atoms with van der Waals surface area (Å²) in [5.41, 5.74) is 1.15. The van der Waals surface area contributed by atoms with Crippen LogP contribution in [-0.4, -0.2) is 23.3 Å². The Morgan fingerprint density at radius 2 is 1.61 bits per heavy atom. The van der Waals surface area contributed by atoms with Crippen molar-refractivity contribution in [3.63, 3.8) is 0 Å². The highest BCUT2D eigenvalue weighted by Crippen LogP contribution is 2.34. The van der Waals surface area contributed by atoms with Gasteiger partial charge in [0, 0.05) is 33.5 Å². The van der Waals surface area contributed by atoms with Gasteiger partial charge in [-0.05, 0) is 24.6 Å². The van der Waals surface area contributed by atoms with Gasteiger partial charge in [-0.15, -0.1) is 0 Å². The third kappa shape index (κ3) is 2.86. The summed E-state index contributed by atoms with van der Waals surface area (Å²) in [5, 5.41) is 2.03. The van der Waals surface area contributed by atoms with Crippen molar-refractivity contribution in [2.45, 2.75) is 39.0 Å². The van der Waals surface area contributed by atoms with Crippen LogP contribution in [0.1, 0.15) is 59.7 Å². The van der Waals surface area contributed by atoms with Gasteiger partial charge in [0.05, 0.1) is 0 Å². The summed E-state index contributed by atoms with van der Waals surface area (Å²) in [6.07, 6.45) is 5.42. The van der Waals surface area contributed by atoms with Gasteiger partial charge in [-0.3, -0.25) is 14.5 Å². The molecule has 2 aromatic rings. The van der Waals surface area contributed by atoms with Crippen LogP contribution >= 0.6 is 11.6 Å². The molecule has 0 unspecified atom stereocenters. The van der Waals surface area contributed by atoms with Crippen LogP contribution in [0.2, 0.25) is 5.02 Å². The molecule has 23 heavy (non-hydrogen) atoms. The Hall–Kier alpha value is -1.87. The highest BCUT2D eigenvalue weighted by molar-refractivity contribution is 6.38. The predicted molar refractivity (Wildman–Crippen MR) is 93.1 cm³/mol. The molecule has 0 spiro atoms. The normalized spacial score (nSPS) is 13.9. The average molecular weight is 330 g/mol. The van der Waals surface area contributed by atoms with E-state index in [9.17, 15) is 9.59 Å². The lowest BCUT2D eigenvalue weighted by molar-refractivity contribution is 0.0608. The van der Waals surface area contributed by atoms with Gasteiger partial charge in [-0.2, -0.15) is 0 Å². The van der Waals surface area contributed by atoms with Crippen molar-refractivity contribution in [2.24, 2.45) is 0 Å². The van der Waals surface area contributed by atoms with Gasteiger partial charge in [0.2, 0.25) is 0 Å². The molecule has 2 amide bonds. The van der Waals surface area contributed by atoms with Gasteiger partial charge in [0.15, 0.2) is 0 Å². The maximum Gasteiger partial charge on any atom is 0.261 e. The summed E-state index contributed by atoms with van der Waals surface area (Å²) in [5.74, 6) is -0.406. The molecule has 120 valence electrons. The highest BCUT2D eigenvalue weighted by atomic mass is 35.5. The van der Waals surface area contributed by atoms with Crippen LogP contribution in [0.5, 0.6) is 0 Å². The number of hydrogen-bond acceptors (Lipinski definition) is 2. The van der Waals surface area contributed by atoms with E-state index in [1.54, 1.807) is 18.2 Å². The molecule has 2 aromatic carbocycles. The van der Waals surface area contributed by atoms with Crippen LogP contribution in [0, 0.1) is 0 Å². The van der Waals surface area contributed by atoms with E-state index in [1.165, 1.54) is 17.7 Å². The molecule has 0 fully saturated rings. The number of carbonyl (C=O) groups excluding carboxylic acids is 2. The number of nitrogens with zero attached hydrogens (tertiary/aromatic N) is 1. The molecule has 3 rings (SSSR count). The van der Waals surface area contributed by atoms with Crippen molar-refractivity contribution in [2.75, 3.05) is 6.54 Å². The number of halogens is 1. The minimum Gasteiger partial charge on any atom is -0.274 e. The van der Waals surface area contributed by atoms with Crippen LogP contribution in [0.15, 0.2) is 30.3 Å². The second-order valence-corrected chi connectivity index (χ2v) is 6.41. The molecule has 0 saturated heterocycles. The second kappa shape index (κ2) is 6.71. The van der Waals surface area contributed by atoms with E-state index in [0.29, 0.717) is 28.1 Å². The average Bonchev–Trinajstić information content (AvgIpc) is 2.56. The first-order valence-corrected chi connectivity index (χ1v) is 8.60. The highest BCUT2D eigenvalue weighted by Gasteiger charge is 2.32. The molecular formula is C19H20ClNO2. The third-order valence-electron chi connectivity index (χ3n) is 4.42. The Labute approximate surface area is 141 Å².